The summed E-state index contributed by atoms with van der Waals surface area (Å²) in [5.41, 5.74) is 0.174. The van der Waals surface area contributed by atoms with E-state index in [9.17, 15) is 0 Å². The van der Waals surface area contributed by atoms with Crippen LogP contribution in [0.1, 0.15) is 50.0 Å². The molecule has 1 aliphatic heterocycles. The molecule has 1 aliphatic rings. The molecule has 19 heavy (non-hydrogen) atoms. The van der Waals surface area contributed by atoms with Gasteiger partial charge in [-0.2, -0.15) is 0 Å². The first-order chi connectivity index (χ1) is 9.03. The second kappa shape index (κ2) is 6.77. The lowest BCUT2D eigenvalue weighted by Gasteiger charge is -2.19. The Labute approximate surface area is 120 Å². The molecular weight excluding hydrogens is 258 g/mol. The molecule has 0 aliphatic carbocycles. The summed E-state index contributed by atoms with van der Waals surface area (Å²) in [5.74, 6) is 0. The summed E-state index contributed by atoms with van der Waals surface area (Å²) in [4.78, 5) is 0. The van der Waals surface area contributed by atoms with Crippen molar-refractivity contribution in [1.29, 1.82) is 0 Å². The largest absolute Gasteiger partial charge is 0.378 e. The Bertz CT molecular complexity index is 380. The average Bonchev–Trinajstić information content (AvgIpc) is 2.94. The van der Waals surface area contributed by atoms with Crippen molar-refractivity contribution >= 4 is 11.3 Å². The predicted octanol–water partition coefficient (Wildman–Crippen LogP) is 2.58. The fourth-order valence-corrected chi connectivity index (χ4v) is 3.05. The third-order valence-electron chi connectivity index (χ3n) is 3.21. The van der Waals surface area contributed by atoms with Gasteiger partial charge >= 0.3 is 0 Å². The third-order valence-corrected chi connectivity index (χ3v) is 4.25. The zero-order valence-corrected chi connectivity index (χ0v) is 13.1. The molecule has 2 heterocycles. The van der Waals surface area contributed by atoms with Crippen molar-refractivity contribution in [1.82, 2.24) is 15.5 Å². The molecule has 5 heteroatoms. The van der Waals surface area contributed by atoms with Crippen molar-refractivity contribution < 1.29 is 4.74 Å². The molecule has 1 atom stereocenters. The molecule has 1 aromatic rings. The summed E-state index contributed by atoms with van der Waals surface area (Å²) in [7, 11) is 0. The Morgan fingerprint density at radius 1 is 1.26 bits per heavy atom. The van der Waals surface area contributed by atoms with Crippen molar-refractivity contribution in [3.05, 3.63) is 10.0 Å². The number of ether oxygens (including phenoxy) is 1. The molecule has 0 radical (unpaired) electrons. The summed E-state index contributed by atoms with van der Waals surface area (Å²) in [5, 5.41) is 14.3. The van der Waals surface area contributed by atoms with Gasteiger partial charge in [0.1, 0.15) is 10.0 Å². The number of aromatic nitrogens is 2. The SMILES string of the molecule is CC(C)(C)NCCc1nnc(CCC2CCCO2)s1. The smallest absolute Gasteiger partial charge is 0.118 e. The van der Waals surface area contributed by atoms with Crippen LogP contribution in [-0.4, -0.2) is 35.0 Å². The number of nitrogens with zero attached hydrogens (tertiary/aromatic N) is 2. The Hall–Kier alpha value is -0.520. The number of nitrogens with one attached hydrogen (secondary N) is 1. The topological polar surface area (TPSA) is 47.0 Å². The van der Waals surface area contributed by atoms with Gasteiger partial charge in [0, 0.05) is 31.5 Å². The highest BCUT2D eigenvalue weighted by atomic mass is 32.1. The van der Waals surface area contributed by atoms with Gasteiger partial charge in [0.25, 0.3) is 0 Å². The van der Waals surface area contributed by atoms with Crippen LogP contribution < -0.4 is 5.32 Å². The Balaban J connectivity index is 1.69. The minimum atomic E-state index is 0.174. The van der Waals surface area contributed by atoms with E-state index in [1.807, 2.05) is 0 Å². The summed E-state index contributed by atoms with van der Waals surface area (Å²) in [6.07, 6.45) is 5.94. The minimum Gasteiger partial charge on any atom is -0.378 e. The van der Waals surface area contributed by atoms with Crippen molar-refractivity contribution in [3.8, 4) is 0 Å². The summed E-state index contributed by atoms with van der Waals surface area (Å²) in [6, 6.07) is 0. The van der Waals surface area contributed by atoms with Crippen LogP contribution in [0.5, 0.6) is 0 Å². The second-order valence-electron chi connectivity index (χ2n) is 6.19. The highest BCUT2D eigenvalue weighted by molar-refractivity contribution is 7.11. The number of hydrogen-bond acceptors (Lipinski definition) is 5. The first kappa shape index (κ1) is 14.9. The van der Waals surface area contributed by atoms with Gasteiger partial charge in [-0.05, 0) is 40.0 Å². The average molecular weight is 283 g/mol. The van der Waals surface area contributed by atoms with Gasteiger partial charge < -0.3 is 10.1 Å². The Kier molecular flexibility index (Phi) is 5.30. The molecule has 2 rings (SSSR count). The van der Waals surface area contributed by atoms with Crippen LogP contribution in [0.2, 0.25) is 0 Å². The maximum atomic E-state index is 5.63. The van der Waals surface area contributed by atoms with Crippen molar-refractivity contribution in [2.45, 2.75) is 64.5 Å². The molecule has 0 aromatic carbocycles. The lowest BCUT2D eigenvalue weighted by molar-refractivity contribution is 0.104. The molecule has 0 amide bonds. The molecule has 1 aromatic heterocycles. The van der Waals surface area contributed by atoms with E-state index in [0.29, 0.717) is 6.10 Å². The molecule has 108 valence electrons. The van der Waals surface area contributed by atoms with E-state index in [2.05, 4.69) is 36.3 Å². The molecule has 1 fully saturated rings. The molecule has 4 nitrogen and oxygen atoms in total. The number of aryl methyl sites for hydroxylation is 1. The molecule has 0 spiro atoms. The molecule has 0 bridgehead atoms. The van der Waals surface area contributed by atoms with E-state index in [-0.39, 0.29) is 5.54 Å². The Morgan fingerprint density at radius 2 is 2.00 bits per heavy atom. The molecule has 1 unspecified atom stereocenters. The minimum absolute atomic E-state index is 0.174. The van der Waals surface area contributed by atoms with Crippen molar-refractivity contribution in [3.63, 3.8) is 0 Å². The lowest BCUT2D eigenvalue weighted by atomic mass is 10.1. The van der Waals surface area contributed by atoms with Gasteiger partial charge in [-0.3, -0.25) is 0 Å². The van der Waals surface area contributed by atoms with E-state index in [1.54, 1.807) is 11.3 Å². The van der Waals surface area contributed by atoms with Gasteiger partial charge in [0.15, 0.2) is 0 Å². The van der Waals surface area contributed by atoms with Gasteiger partial charge in [-0.25, -0.2) is 0 Å². The van der Waals surface area contributed by atoms with Gasteiger partial charge in [0.05, 0.1) is 6.10 Å². The number of hydrogen-bond donors (Lipinski definition) is 1. The monoisotopic (exact) mass is 283 g/mol. The standard InChI is InChI=1S/C14H25N3OS/c1-14(2,3)15-9-8-13-17-16-12(19-13)7-6-11-5-4-10-18-11/h11,15H,4-10H2,1-3H3. The fraction of sp³-hybridized carbons (Fsp3) is 0.857. The zero-order chi connectivity index (χ0) is 13.7. The first-order valence-corrected chi connectivity index (χ1v) is 8.02. The van der Waals surface area contributed by atoms with Crippen LogP contribution in [-0.2, 0) is 17.6 Å². The maximum Gasteiger partial charge on any atom is 0.118 e. The van der Waals surface area contributed by atoms with Crippen LogP contribution in [0.25, 0.3) is 0 Å². The van der Waals surface area contributed by atoms with E-state index < -0.39 is 0 Å². The van der Waals surface area contributed by atoms with Crippen molar-refractivity contribution in [2.75, 3.05) is 13.2 Å². The first-order valence-electron chi connectivity index (χ1n) is 7.21. The van der Waals surface area contributed by atoms with Crippen LogP contribution in [0.4, 0.5) is 0 Å². The second-order valence-corrected chi connectivity index (χ2v) is 7.34. The third kappa shape index (κ3) is 5.55. The van der Waals surface area contributed by atoms with E-state index in [1.165, 1.54) is 12.8 Å². The maximum absolute atomic E-state index is 5.63. The normalized spacial score (nSPS) is 20.1. The highest BCUT2D eigenvalue weighted by Gasteiger charge is 2.16. The zero-order valence-electron chi connectivity index (χ0n) is 12.2. The van der Waals surface area contributed by atoms with Crippen LogP contribution in [0, 0.1) is 0 Å². The lowest BCUT2D eigenvalue weighted by Crippen LogP contribution is -2.37. The van der Waals surface area contributed by atoms with Crippen molar-refractivity contribution in [2.24, 2.45) is 0 Å². The van der Waals surface area contributed by atoms with Crippen LogP contribution in [0.3, 0.4) is 0 Å². The fourth-order valence-electron chi connectivity index (χ4n) is 2.19. The number of rotatable bonds is 6. The quantitative estimate of drug-likeness (QED) is 0.871. The van der Waals surface area contributed by atoms with Crippen LogP contribution in [0.15, 0.2) is 0 Å². The van der Waals surface area contributed by atoms with E-state index in [4.69, 9.17) is 4.74 Å². The van der Waals surface area contributed by atoms with Gasteiger partial charge in [-0.15, -0.1) is 21.5 Å². The van der Waals surface area contributed by atoms with E-state index >= 15 is 0 Å². The Morgan fingerprint density at radius 3 is 2.63 bits per heavy atom. The van der Waals surface area contributed by atoms with Gasteiger partial charge in [0.2, 0.25) is 0 Å². The summed E-state index contributed by atoms with van der Waals surface area (Å²) >= 11 is 1.75. The summed E-state index contributed by atoms with van der Waals surface area (Å²) in [6.45, 7) is 8.44. The summed E-state index contributed by atoms with van der Waals surface area (Å²) < 4.78 is 5.63. The molecule has 0 saturated carbocycles. The van der Waals surface area contributed by atoms with Gasteiger partial charge in [-0.1, -0.05) is 0 Å². The molecular formula is C14H25N3OS. The van der Waals surface area contributed by atoms with E-state index in [0.717, 1.165) is 42.4 Å². The highest BCUT2D eigenvalue weighted by Crippen LogP contribution is 2.19. The molecule has 1 N–H and O–H groups in total. The predicted molar refractivity (Wildman–Crippen MR) is 78.7 cm³/mol. The van der Waals surface area contributed by atoms with Crippen LogP contribution >= 0.6 is 11.3 Å². The molecule has 1 saturated heterocycles.